The zero-order valence-corrected chi connectivity index (χ0v) is 17.2. The van der Waals surface area contributed by atoms with E-state index >= 15 is 0 Å². The van der Waals surface area contributed by atoms with Crippen LogP contribution in [0.15, 0.2) is 47.5 Å². The van der Waals surface area contributed by atoms with Crippen molar-refractivity contribution in [3.63, 3.8) is 0 Å². The second kappa shape index (κ2) is 7.63. The Labute approximate surface area is 178 Å². The summed E-state index contributed by atoms with van der Waals surface area (Å²) in [6.45, 7) is 3.70. The molecule has 0 radical (unpaired) electrons. The third-order valence-electron chi connectivity index (χ3n) is 5.89. The molecule has 4 heterocycles. The first-order valence-electron chi connectivity index (χ1n) is 10.4. The predicted molar refractivity (Wildman–Crippen MR) is 117 cm³/mol. The number of hydrogen-bond acceptors (Lipinski definition) is 5. The summed E-state index contributed by atoms with van der Waals surface area (Å²) in [5.41, 5.74) is 3.42. The number of carbonyl (C=O) groups is 1. The number of aryl methyl sites for hydroxylation is 1. The zero-order chi connectivity index (χ0) is 21.5. The molecule has 8 nitrogen and oxygen atoms in total. The van der Waals surface area contributed by atoms with Gasteiger partial charge < -0.3 is 15.0 Å². The molecule has 31 heavy (non-hydrogen) atoms. The molecular formula is C23H23N5O3. The molecular weight excluding hydrogens is 394 g/mol. The first-order chi connectivity index (χ1) is 15.0. The van der Waals surface area contributed by atoms with E-state index in [1.165, 1.54) is 0 Å². The standard InChI is InChI=1S/C23H23N5O3/c1-14-13-28-22(25-14)17(12-21(29)30)11-20(26-28)16-2-3-19-15(10-16)6-9-27(23(19)31)18-4-7-24-8-5-18/h2-3,6,9-11,13,18,24H,4-5,7-8,12H2,1H3,(H,29,30). The predicted octanol–water partition coefficient (Wildman–Crippen LogP) is 2.57. The molecule has 1 fully saturated rings. The van der Waals surface area contributed by atoms with Gasteiger partial charge in [-0.1, -0.05) is 6.07 Å². The van der Waals surface area contributed by atoms with E-state index < -0.39 is 5.97 Å². The van der Waals surface area contributed by atoms with E-state index in [0.717, 1.165) is 42.6 Å². The molecule has 0 unspecified atom stereocenters. The topological polar surface area (TPSA) is 102 Å². The van der Waals surface area contributed by atoms with Crippen LogP contribution in [0.3, 0.4) is 0 Å². The summed E-state index contributed by atoms with van der Waals surface area (Å²) in [7, 11) is 0. The molecule has 0 spiro atoms. The number of hydrogen-bond donors (Lipinski definition) is 2. The Morgan fingerprint density at radius 3 is 2.81 bits per heavy atom. The van der Waals surface area contributed by atoms with E-state index in [-0.39, 0.29) is 18.0 Å². The molecule has 0 atom stereocenters. The SMILES string of the molecule is Cc1cn2nc(-c3ccc4c(=O)n(C5CCNCC5)ccc4c3)cc(CC(=O)O)c2n1. The Bertz CT molecular complexity index is 1370. The van der Waals surface area contributed by atoms with Crippen LogP contribution in [-0.4, -0.2) is 43.3 Å². The molecule has 4 aromatic rings. The number of imidazole rings is 1. The number of carboxylic acids is 1. The van der Waals surface area contributed by atoms with Gasteiger partial charge in [-0.3, -0.25) is 9.59 Å². The van der Waals surface area contributed by atoms with Gasteiger partial charge in [-0.05, 0) is 62.5 Å². The summed E-state index contributed by atoms with van der Waals surface area (Å²) in [4.78, 5) is 28.8. The van der Waals surface area contributed by atoms with Gasteiger partial charge in [-0.25, -0.2) is 9.50 Å². The lowest BCUT2D eigenvalue weighted by atomic mass is 10.0. The monoisotopic (exact) mass is 417 g/mol. The molecule has 3 aromatic heterocycles. The van der Waals surface area contributed by atoms with E-state index in [9.17, 15) is 14.7 Å². The fourth-order valence-corrected chi connectivity index (χ4v) is 4.38. The number of carboxylic acid groups (broad SMARTS) is 1. The summed E-state index contributed by atoms with van der Waals surface area (Å²) in [5, 5.41) is 18.8. The smallest absolute Gasteiger partial charge is 0.307 e. The number of aromatic nitrogens is 4. The minimum atomic E-state index is -0.920. The lowest BCUT2D eigenvalue weighted by molar-refractivity contribution is -0.136. The maximum absolute atomic E-state index is 13.1. The van der Waals surface area contributed by atoms with Crippen molar-refractivity contribution < 1.29 is 9.90 Å². The third-order valence-corrected chi connectivity index (χ3v) is 5.89. The fraction of sp³-hybridized carbons (Fsp3) is 0.304. The quantitative estimate of drug-likeness (QED) is 0.529. The number of nitrogens with zero attached hydrogens (tertiary/aromatic N) is 4. The molecule has 1 saturated heterocycles. The minimum Gasteiger partial charge on any atom is -0.481 e. The van der Waals surface area contributed by atoms with E-state index in [2.05, 4.69) is 15.4 Å². The molecule has 1 aliphatic heterocycles. The molecule has 0 saturated carbocycles. The van der Waals surface area contributed by atoms with Crippen LogP contribution in [0.4, 0.5) is 0 Å². The second-order valence-electron chi connectivity index (χ2n) is 8.09. The van der Waals surface area contributed by atoms with Gasteiger partial charge in [0.1, 0.15) is 0 Å². The van der Waals surface area contributed by atoms with Crippen LogP contribution in [0, 0.1) is 6.92 Å². The van der Waals surface area contributed by atoms with Crippen molar-refractivity contribution in [1.82, 2.24) is 24.5 Å². The van der Waals surface area contributed by atoms with Crippen LogP contribution in [0.2, 0.25) is 0 Å². The van der Waals surface area contributed by atoms with Crippen molar-refractivity contribution in [2.24, 2.45) is 0 Å². The normalized spacial score (nSPS) is 15.0. The van der Waals surface area contributed by atoms with Gasteiger partial charge in [0, 0.05) is 28.8 Å². The minimum absolute atomic E-state index is 0.0242. The highest BCUT2D eigenvalue weighted by atomic mass is 16.4. The van der Waals surface area contributed by atoms with Crippen molar-refractivity contribution in [3.05, 3.63) is 64.3 Å². The van der Waals surface area contributed by atoms with Crippen molar-refractivity contribution in [2.45, 2.75) is 32.2 Å². The van der Waals surface area contributed by atoms with E-state index in [1.54, 1.807) is 16.8 Å². The first-order valence-corrected chi connectivity index (χ1v) is 10.4. The van der Waals surface area contributed by atoms with Crippen LogP contribution >= 0.6 is 0 Å². The van der Waals surface area contributed by atoms with Crippen molar-refractivity contribution in [2.75, 3.05) is 13.1 Å². The molecule has 158 valence electrons. The molecule has 1 aromatic carbocycles. The van der Waals surface area contributed by atoms with Crippen molar-refractivity contribution in [1.29, 1.82) is 0 Å². The molecule has 5 rings (SSSR count). The van der Waals surface area contributed by atoms with Gasteiger partial charge >= 0.3 is 5.97 Å². The fourth-order valence-electron chi connectivity index (χ4n) is 4.38. The summed E-state index contributed by atoms with van der Waals surface area (Å²) < 4.78 is 3.48. The maximum Gasteiger partial charge on any atom is 0.307 e. The van der Waals surface area contributed by atoms with Gasteiger partial charge in [-0.15, -0.1) is 0 Å². The van der Waals surface area contributed by atoms with Gasteiger partial charge in [-0.2, -0.15) is 5.10 Å². The highest BCUT2D eigenvalue weighted by molar-refractivity contribution is 5.86. The molecule has 0 bridgehead atoms. The number of rotatable bonds is 4. The lowest BCUT2D eigenvalue weighted by Crippen LogP contribution is -2.34. The van der Waals surface area contributed by atoms with Crippen LogP contribution in [0.1, 0.15) is 30.1 Å². The number of piperidine rings is 1. The summed E-state index contributed by atoms with van der Waals surface area (Å²) in [5.74, 6) is -0.920. The van der Waals surface area contributed by atoms with Gasteiger partial charge in [0.25, 0.3) is 5.56 Å². The molecule has 0 aliphatic carbocycles. The second-order valence-corrected chi connectivity index (χ2v) is 8.09. The third kappa shape index (κ3) is 3.59. The maximum atomic E-state index is 13.1. The Morgan fingerprint density at radius 1 is 1.23 bits per heavy atom. The van der Waals surface area contributed by atoms with E-state index in [4.69, 9.17) is 0 Å². The van der Waals surface area contributed by atoms with Crippen LogP contribution in [0.5, 0.6) is 0 Å². The number of benzene rings is 1. The Kier molecular flexibility index (Phi) is 4.78. The zero-order valence-electron chi connectivity index (χ0n) is 17.2. The van der Waals surface area contributed by atoms with Gasteiger partial charge in [0.2, 0.25) is 0 Å². The number of fused-ring (bicyclic) bond motifs is 2. The van der Waals surface area contributed by atoms with Gasteiger partial charge in [0.05, 0.1) is 24.0 Å². The number of aliphatic carboxylic acids is 1. The van der Waals surface area contributed by atoms with Crippen LogP contribution in [-0.2, 0) is 11.2 Å². The largest absolute Gasteiger partial charge is 0.481 e. The summed E-state index contributed by atoms with van der Waals surface area (Å²) in [6, 6.07) is 9.62. The van der Waals surface area contributed by atoms with Gasteiger partial charge in [0.15, 0.2) is 5.65 Å². The van der Waals surface area contributed by atoms with E-state index in [0.29, 0.717) is 22.3 Å². The number of pyridine rings is 1. The van der Waals surface area contributed by atoms with Crippen LogP contribution in [0.25, 0.3) is 27.7 Å². The summed E-state index contributed by atoms with van der Waals surface area (Å²) >= 11 is 0. The van der Waals surface area contributed by atoms with Crippen molar-refractivity contribution in [3.8, 4) is 11.3 Å². The molecule has 2 N–H and O–H groups in total. The Balaban J connectivity index is 1.59. The average Bonchev–Trinajstić information content (AvgIpc) is 3.14. The Hall–Kier alpha value is -3.52. The highest BCUT2D eigenvalue weighted by Crippen LogP contribution is 2.25. The van der Waals surface area contributed by atoms with Crippen LogP contribution < -0.4 is 10.9 Å². The molecule has 0 amide bonds. The lowest BCUT2D eigenvalue weighted by Gasteiger charge is -2.25. The first kappa shape index (κ1) is 19.4. The summed E-state index contributed by atoms with van der Waals surface area (Å²) in [6.07, 6.45) is 5.43. The highest BCUT2D eigenvalue weighted by Gasteiger charge is 2.18. The van der Waals surface area contributed by atoms with Crippen molar-refractivity contribution >= 4 is 22.4 Å². The molecule has 8 heteroatoms. The Morgan fingerprint density at radius 2 is 2.03 bits per heavy atom. The number of nitrogens with one attached hydrogen (secondary N) is 1. The molecule has 1 aliphatic rings. The van der Waals surface area contributed by atoms with E-state index in [1.807, 2.05) is 42.0 Å². The average molecular weight is 417 g/mol.